The van der Waals surface area contributed by atoms with Crippen LogP contribution in [0, 0.1) is 11.3 Å². The zero-order chi connectivity index (χ0) is 20.5. The Morgan fingerprint density at radius 1 is 1.21 bits per heavy atom. The maximum atomic E-state index is 13.1. The lowest BCUT2D eigenvalue weighted by Crippen LogP contribution is -2.47. The van der Waals surface area contributed by atoms with E-state index in [-0.39, 0.29) is 29.3 Å². The van der Waals surface area contributed by atoms with Crippen LogP contribution in [-0.2, 0) is 0 Å². The number of rotatable bonds is 4. The molecule has 3 amide bonds. The van der Waals surface area contributed by atoms with Gasteiger partial charge in [-0.25, -0.2) is 0 Å². The standard InChI is InChI=1S/C20H17ClN4O3S/c21-16-5-4-15(29-16)18(26)23-14-3-1-2-13-17(14)20(28)25(19(13)27)12-6-9-24(10-7-12)11-8-22/h1-5,12H,6-7,9-11H2,(H,23,26). The van der Waals surface area contributed by atoms with Crippen molar-refractivity contribution in [2.24, 2.45) is 0 Å². The van der Waals surface area contributed by atoms with Crippen molar-refractivity contribution in [2.45, 2.75) is 18.9 Å². The number of nitrogens with one attached hydrogen (secondary N) is 1. The molecule has 4 rings (SSSR count). The molecule has 3 heterocycles. The summed E-state index contributed by atoms with van der Waals surface area (Å²) in [5.74, 6) is -1.10. The van der Waals surface area contributed by atoms with E-state index in [0.29, 0.717) is 52.9 Å². The van der Waals surface area contributed by atoms with E-state index >= 15 is 0 Å². The molecule has 1 saturated heterocycles. The summed E-state index contributed by atoms with van der Waals surface area (Å²) in [6, 6.07) is 10.0. The van der Waals surface area contributed by atoms with Gasteiger partial charge in [0.05, 0.1) is 38.6 Å². The van der Waals surface area contributed by atoms with Gasteiger partial charge in [0.15, 0.2) is 0 Å². The summed E-state index contributed by atoms with van der Waals surface area (Å²) in [4.78, 5) is 42.3. The average molecular weight is 429 g/mol. The van der Waals surface area contributed by atoms with Gasteiger partial charge in [-0.15, -0.1) is 11.3 Å². The minimum atomic E-state index is -0.385. The first-order valence-electron chi connectivity index (χ1n) is 9.16. The highest BCUT2D eigenvalue weighted by molar-refractivity contribution is 7.18. The number of anilines is 1. The number of likely N-dealkylation sites (tertiary alicyclic amines) is 1. The number of fused-ring (bicyclic) bond motifs is 1. The molecule has 7 nitrogen and oxygen atoms in total. The smallest absolute Gasteiger partial charge is 0.265 e. The fourth-order valence-corrected chi connectivity index (χ4v) is 4.73. The Morgan fingerprint density at radius 2 is 1.97 bits per heavy atom. The van der Waals surface area contributed by atoms with Crippen molar-refractivity contribution in [3.8, 4) is 6.07 Å². The molecular weight excluding hydrogens is 412 g/mol. The Morgan fingerprint density at radius 3 is 2.62 bits per heavy atom. The van der Waals surface area contributed by atoms with Crippen LogP contribution in [0.4, 0.5) is 5.69 Å². The highest BCUT2D eigenvalue weighted by atomic mass is 35.5. The Bertz CT molecular complexity index is 1040. The molecule has 0 radical (unpaired) electrons. The number of thiophene rings is 1. The highest BCUT2D eigenvalue weighted by Crippen LogP contribution is 2.33. The molecule has 0 aliphatic carbocycles. The van der Waals surface area contributed by atoms with Gasteiger partial charge in [-0.05, 0) is 37.1 Å². The first-order chi connectivity index (χ1) is 14.0. The summed E-state index contributed by atoms with van der Waals surface area (Å²) >= 11 is 7.03. The van der Waals surface area contributed by atoms with Crippen molar-refractivity contribution in [1.82, 2.24) is 9.80 Å². The quantitative estimate of drug-likeness (QED) is 0.596. The second-order valence-corrected chi connectivity index (χ2v) is 8.65. The van der Waals surface area contributed by atoms with E-state index in [1.54, 1.807) is 30.3 Å². The summed E-state index contributed by atoms with van der Waals surface area (Å²) < 4.78 is 0.494. The van der Waals surface area contributed by atoms with Crippen LogP contribution in [0.15, 0.2) is 30.3 Å². The normalized spacial score (nSPS) is 17.3. The van der Waals surface area contributed by atoms with E-state index in [9.17, 15) is 14.4 Å². The van der Waals surface area contributed by atoms with Gasteiger partial charge in [0, 0.05) is 19.1 Å². The Kier molecular flexibility index (Phi) is 5.37. The van der Waals surface area contributed by atoms with E-state index in [1.807, 2.05) is 4.90 Å². The molecule has 1 fully saturated rings. The molecule has 0 saturated carbocycles. The topological polar surface area (TPSA) is 93.5 Å². The molecule has 1 aromatic heterocycles. The van der Waals surface area contributed by atoms with Crippen LogP contribution >= 0.6 is 22.9 Å². The summed E-state index contributed by atoms with van der Waals surface area (Å²) in [7, 11) is 0. The maximum absolute atomic E-state index is 13.1. The van der Waals surface area contributed by atoms with Crippen molar-refractivity contribution in [2.75, 3.05) is 25.0 Å². The second-order valence-electron chi connectivity index (χ2n) is 6.93. The first kappa shape index (κ1) is 19.6. The Balaban J connectivity index is 1.56. The van der Waals surface area contributed by atoms with Crippen LogP contribution in [0.25, 0.3) is 0 Å². The number of hydrogen-bond acceptors (Lipinski definition) is 6. The molecule has 148 valence electrons. The number of imide groups is 1. The number of carbonyl (C=O) groups excluding carboxylic acids is 3. The van der Waals surface area contributed by atoms with Crippen LogP contribution < -0.4 is 5.32 Å². The Hall–Kier alpha value is -2.73. The summed E-state index contributed by atoms with van der Waals surface area (Å²) in [5, 5.41) is 11.6. The zero-order valence-electron chi connectivity index (χ0n) is 15.4. The predicted octanol–water partition coefficient (Wildman–Crippen LogP) is 3.24. The third-order valence-electron chi connectivity index (χ3n) is 5.21. The molecule has 2 aliphatic heterocycles. The van der Waals surface area contributed by atoms with E-state index in [1.165, 1.54) is 4.90 Å². The number of piperidine rings is 1. The SMILES string of the molecule is N#CCN1CCC(N2C(=O)c3cccc(NC(=O)c4ccc(Cl)s4)c3C2=O)CC1. The second kappa shape index (κ2) is 7.95. The average Bonchev–Trinajstić information content (AvgIpc) is 3.25. The van der Waals surface area contributed by atoms with Crippen LogP contribution in [0.2, 0.25) is 4.34 Å². The van der Waals surface area contributed by atoms with Crippen LogP contribution in [0.5, 0.6) is 0 Å². The number of carbonyl (C=O) groups is 3. The third-order valence-corrected chi connectivity index (χ3v) is 6.44. The molecule has 0 bridgehead atoms. The van der Waals surface area contributed by atoms with Gasteiger partial charge in [-0.1, -0.05) is 17.7 Å². The van der Waals surface area contributed by atoms with Crippen molar-refractivity contribution < 1.29 is 14.4 Å². The van der Waals surface area contributed by atoms with Gasteiger partial charge in [0.2, 0.25) is 0 Å². The molecule has 1 aromatic carbocycles. The number of benzene rings is 1. The minimum Gasteiger partial charge on any atom is -0.321 e. The lowest BCUT2D eigenvalue weighted by molar-refractivity contribution is 0.0510. The first-order valence-corrected chi connectivity index (χ1v) is 10.4. The van der Waals surface area contributed by atoms with Crippen LogP contribution in [-0.4, -0.2) is 53.2 Å². The number of nitriles is 1. The van der Waals surface area contributed by atoms with E-state index in [0.717, 1.165) is 11.3 Å². The van der Waals surface area contributed by atoms with Crippen molar-refractivity contribution in [3.63, 3.8) is 0 Å². The Labute approximate surface area is 176 Å². The number of hydrogen-bond donors (Lipinski definition) is 1. The lowest BCUT2D eigenvalue weighted by atomic mass is 10.0. The van der Waals surface area contributed by atoms with Crippen LogP contribution in [0.1, 0.15) is 43.2 Å². The third kappa shape index (κ3) is 3.65. The monoisotopic (exact) mass is 428 g/mol. The molecule has 2 aliphatic rings. The predicted molar refractivity (Wildman–Crippen MR) is 109 cm³/mol. The van der Waals surface area contributed by atoms with Crippen LogP contribution in [0.3, 0.4) is 0 Å². The molecule has 2 aromatic rings. The number of halogens is 1. The fraction of sp³-hybridized carbons (Fsp3) is 0.300. The molecule has 29 heavy (non-hydrogen) atoms. The molecule has 0 unspecified atom stereocenters. The summed E-state index contributed by atoms with van der Waals surface area (Å²) in [6.45, 7) is 1.67. The maximum Gasteiger partial charge on any atom is 0.265 e. The van der Waals surface area contributed by atoms with Crippen molar-refractivity contribution in [3.05, 3.63) is 50.7 Å². The summed E-state index contributed by atoms with van der Waals surface area (Å²) in [5.41, 5.74) is 0.851. The number of nitrogens with zero attached hydrogens (tertiary/aromatic N) is 3. The lowest BCUT2D eigenvalue weighted by Gasteiger charge is -2.34. The highest BCUT2D eigenvalue weighted by Gasteiger charge is 2.42. The van der Waals surface area contributed by atoms with Gasteiger partial charge in [0.25, 0.3) is 17.7 Å². The van der Waals surface area contributed by atoms with Gasteiger partial charge < -0.3 is 5.32 Å². The minimum absolute atomic E-state index is 0.211. The number of amides is 3. The van der Waals surface area contributed by atoms with Gasteiger partial charge in [0.1, 0.15) is 0 Å². The fourth-order valence-electron chi connectivity index (χ4n) is 3.80. The molecule has 0 spiro atoms. The molecule has 0 atom stereocenters. The van der Waals surface area contributed by atoms with Gasteiger partial charge >= 0.3 is 0 Å². The van der Waals surface area contributed by atoms with Gasteiger partial charge in [-0.3, -0.25) is 24.2 Å². The largest absolute Gasteiger partial charge is 0.321 e. The molecule has 1 N–H and O–H groups in total. The van der Waals surface area contributed by atoms with Crippen molar-refractivity contribution in [1.29, 1.82) is 5.26 Å². The van der Waals surface area contributed by atoms with Crippen molar-refractivity contribution >= 4 is 46.3 Å². The van der Waals surface area contributed by atoms with E-state index < -0.39 is 0 Å². The van der Waals surface area contributed by atoms with E-state index in [4.69, 9.17) is 16.9 Å². The van der Waals surface area contributed by atoms with E-state index in [2.05, 4.69) is 11.4 Å². The summed E-state index contributed by atoms with van der Waals surface area (Å²) in [6.07, 6.45) is 1.26. The molecule has 9 heteroatoms. The molecular formula is C20H17ClN4O3S. The van der Waals surface area contributed by atoms with Gasteiger partial charge in [-0.2, -0.15) is 5.26 Å². The zero-order valence-corrected chi connectivity index (χ0v) is 16.9.